The number of aromatic nitrogens is 1. The van der Waals surface area contributed by atoms with Gasteiger partial charge in [-0.1, -0.05) is 24.3 Å². The van der Waals surface area contributed by atoms with E-state index in [0.717, 1.165) is 73.0 Å². The van der Waals surface area contributed by atoms with Crippen LogP contribution in [0.4, 0.5) is 0 Å². The lowest BCUT2D eigenvalue weighted by atomic mass is 9.78. The number of H-pyrrole nitrogens is 1. The zero-order valence-corrected chi connectivity index (χ0v) is 25.0. The Kier molecular flexibility index (Phi) is 5.91. The highest BCUT2D eigenvalue weighted by Crippen LogP contribution is 2.66. The lowest BCUT2D eigenvalue weighted by Crippen LogP contribution is -2.42. The van der Waals surface area contributed by atoms with E-state index in [1.807, 2.05) is 42.5 Å². The summed E-state index contributed by atoms with van der Waals surface area (Å²) in [5.41, 5.74) is 3.62. The molecule has 1 N–H and O–H groups in total. The first-order chi connectivity index (χ1) is 20.7. The molecular weight excluding hydrogens is 566 g/mol. The van der Waals surface area contributed by atoms with Gasteiger partial charge >= 0.3 is 0 Å². The second-order valence-corrected chi connectivity index (χ2v) is 15.2. The third kappa shape index (κ3) is 4.24. The highest BCUT2D eigenvalue weighted by molar-refractivity contribution is 7.91. The van der Waals surface area contributed by atoms with Crippen LogP contribution in [0.15, 0.2) is 54.2 Å². The Hall–Kier alpha value is -3.63. The van der Waals surface area contributed by atoms with Crippen molar-refractivity contribution in [2.45, 2.75) is 31.1 Å². The summed E-state index contributed by atoms with van der Waals surface area (Å²) >= 11 is 0. The molecular formula is C33H35N3O6S. The maximum atomic E-state index is 13.8. The minimum atomic E-state index is -2.88. The van der Waals surface area contributed by atoms with Crippen molar-refractivity contribution in [2.24, 2.45) is 11.3 Å². The van der Waals surface area contributed by atoms with Gasteiger partial charge in [0.25, 0.3) is 5.91 Å². The largest absolute Gasteiger partial charge is 0.493 e. The van der Waals surface area contributed by atoms with Crippen molar-refractivity contribution in [2.75, 3.05) is 51.4 Å². The SMILES string of the molecule is COc1cc2[nH]c(C(=O)N3C[C@H]4CC45C3=CC(=O)c3ccccc35)cc2cc1OCCN1CCC2(CC1)CCS(=O)(=O)C2. The molecule has 43 heavy (non-hydrogen) atoms. The van der Waals surface area contributed by atoms with Crippen LogP contribution in [-0.2, 0) is 15.3 Å². The summed E-state index contributed by atoms with van der Waals surface area (Å²) in [4.78, 5) is 34.1. The summed E-state index contributed by atoms with van der Waals surface area (Å²) in [5, 5.41) is 0.847. The molecule has 5 aliphatic rings. The molecule has 2 aliphatic carbocycles. The Morgan fingerprint density at radius 3 is 2.67 bits per heavy atom. The van der Waals surface area contributed by atoms with Gasteiger partial charge in [0, 0.05) is 52.8 Å². The minimum absolute atomic E-state index is 0.0303. The standard InChI is InChI=1S/C33H35N3O6S/c1-41-28-16-25-21(15-29(28)42-12-11-35-9-6-32(7-10-35)8-13-43(39,40)20-32)14-26(34-25)31(38)36-19-22-18-33(22)24-5-3-2-4-23(24)27(37)17-30(33)36/h2-5,14-17,22,34H,6-13,18-20H2,1H3/t22-,33?/m1/s1. The molecule has 0 bridgehead atoms. The first kappa shape index (κ1) is 27.0. The van der Waals surface area contributed by atoms with Crippen LogP contribution in [0.3, 0.4) is 0 Å². The molecule has 3 saturated heterocycles. The Balaban J connectivity index is 0.960. The molecule has 1 saturated carbocycles. The molecule has 3 aliphatic heterocycles. The Morgan fingerprint density at radius 1 is 1.09 bits per heavy atom. The van der Waals surface area contributed by atoms with Crippen molar-refractivity contribution in [1.29, 1.82) is 0 Å². The van der Waals surface area contributed by atoms with Gasteiger partial charge in [-0.15, -0.1) is 0 Å². The van der Waals surface area contributed by atoms with Crippen LogP contribution in [0, 0.1) is 11.3 Å². The fourth-order valence-corrected chi connectivity index (χ4v) is 10.4. The summed E-state index contributed by atoms with van der Waals surface area (Å²) in [6.45, 7) is 3.59. The number of carbonyl (C=O) groups is 2. The number of ether oxygens (including phenoxy) is 2. The molecule has 2 spiro atoms. The second kappa shape index (κ2) is 9.43. The predicted molar refractivity (Wildman–Crippen MR) is 161 cm³/mol. The summed E-state index contributed by atoms with van der Waals surface area (Å²) in [5.74, 6) is 2.02. The van der Waals surface area contributed by atoms with Crippen LogP contribution in [-0.4, -0.2) is 86.3 Å². The van der Waals surface area contributed by atoms with Gasteiger partial charge in [-0.3, -0.25) is 14.5 Å². The number of allylic oxidation sites excluding steroid dienone is 2. The molecule has 9 nitrogen and oxygen atoms in total. The predicted octanol–water partition coefficient (Wildman–Crippen LogP) is 3.95. The van der Waals surface area contributed by atoms with Gasteiger partial charge in [-0.05, 0) is 67.8 Å². The molecule has 1 unspecified atom stereocenters. The molecule has 1 amide bonds. The van der Waals surface area contributed by atoms with E-state index in [2.05, 4.69) is 9.88 Å². The summed E-state index contributed by atoms with van der Waals surface area (Å²) < 4.78 is 35.8. The summed E-state index contributed by atoms with van der Waals surface area (Å²) in [7, 11) is -1.28. The smallest absolute Gasteiger partial charge is 0.274 e. The number of likely N-dealkylation sites (tertiary alicyclic amines) is 2. The Labute approximate surface area is 250 Å². The minimum Gasteiger partial charge on any atom is -0.493 e. The quantitative estimate of drug-likeness (QED) is 0.456. The van der Waals surface area contributed by atoms with E-state index in [9.17, 15) is 18.0 Å². The first-order valence-corrected chi connectivity index (χ1v) is 17.0. The molecule has 4 heterocycles. The number of rotatable bonds is 6. The third-order valence-corrected chi connectivity index (χ3v) is 12.5. The van der Waals surface area contributed by atoms with Crippen LogP contribution < -0.4 is 9.47 Å². The van der Waals surface area contributed by atoms with Crippen LogP contribution in [0.25, 0.3) is 10.9 Å². The van der Waals surface area contributed by atoms with Crippen LogP contribution in [0.2, 0.25) is 0 Å². The summed E-state index contributed by atoms with van der Waals surface area (Å²) in [6, 6.07) is 13.4. The van der Waals surface area contributed by atoms with E-state index in [1.54, 1.807) is 18.1 Å². The van der Waals surface area contributed by atoms with Crippen molar-refractivity contribution in [1.82, 2.24) is 14.8 Å². The van der Waals surface area contributed by atoms with E-state index < -0.39 is 9.84 Å². The number of hydrogen-bond donors (Lipinski definition) is 1. The zero-order valence-electron chi connectivity index (χ0n) is 24.2. The Morgan fingerprint density at radius 2 is 1.91 bits per heavy atom. The second-order valence-electron chi connectivity index (χ2n) is 13.0. The van der Waals surface area contributed by atoms with Gasteiger partial charge in [0.15, 0.2) is 27.1 Å². The maximum absolute atomic E-state index is 13.8. The molecule has 2 atom stereocenters. The van der Waals surface area contributed by atoms with Gasteiger partial charge in [0.05, 0.1) is 18.6 Å². The number of piperidine rings is 2. The molecule has 10 heteroatoms. The normalized spacial score (nSPS) is 26.6. The number of benzene rings is 2. The first-order valence-electron chi connectivity index (χ1n) is 15.1. The molecule has 4 fully saturated rings. The Bertz CT molecular complexity index is 1820. The van der Waals surface area contributed by atoms with Crippen LogP contribution >= 0.6 is 0 Å². The molecule has 3 aromatic rings. The zero-order chi connectivity index (χ0) is 29.6. The molecule has 0 radical (unpaired) electrons. The highest BCUT2D eigenvalue weighted by atomic mass is 32.2. The number of carbonyl (C=O) groups excluding carboxylic acids is 2. The van der Waals surface area contributed by atoms with Gasteiger partial charge in [-0.25, -0.2) is 8.42 Å². The molecule has 8 rings (SSSR count). The monoisotopic (exact) mass is 601 g/mol. The number of methoxy groups -OCH3 is 1. The molecule has 224 valence electrons. The van der Waals surface area contributed by atoms with Gasteiger partial charge in [0.2, 0.25) is 0 Å². The topological polar surface area (TPSA) is 109 Å². The van der Waals surface area contributed by atoms with Gasteiger partial charge < -0.3 is 19.4 Å². The van der Waals surface area contributed by atoms with Crippen molar-refractivity contribution in [3.8, 4) is 11.5 Å². The number of fused-ring (bicyclic) bond motifs is 2. The van der Waals surface area contributed by atoms with E-state index in [1.165, 1.54) is 0 Å². The van der Waals surface area contributed by atoms with E-state index in [0.29, 0.717) is 47.8 Å². The number of hydrogen-bond acceptors (Lipinski definition) is 7. The fourth-order valence-electron chi connectivity index (χ4n) is 8.16. The van der Waals surface area contributed by atoms with Crippen LogP contribution in [0.1, 0.15) is 52.1 Å². The van der Waals surface area contributed by atoms with E-state index >= 15 is 0 Å². The van der Waals surface area contributed by atoms with Crippen molar-refractivity contribution in [3.05, 3.63) is 71.1 Å². The average Bonchev–Trinajstić information content (AvgIpc) is 3.24. The number of ketones is 1. The van der Waals surface area contributed by atoms with Gasteiger partial charge in [-0.2, -0.15) is 0 Å². The van der Waals surface area contributed by atoms with Gasteiger partial charge in [0.1, 0.15) is 12.3 Å². The number of nitrogens with one attached hydrogen (secondary N) is 1. The highest BCUT2D eigenvalue weighted by Gasteiger charge is 2.67. The third-order valence-electron chi connectivity index (χ3n) is 10.6. The number of sulfone groups is 1. The lowest BCUT2D eigenvalue weighted by Gasteiger charge is -2.38. The number of aromatic amines is 1. The summed E-state index contributed by atoms with van der Waals surface area (Å²) in [6.07, 6.45) is 5.26. The van der Waals surface area contributed by atoms with Crippen LogP contribution in [0.5, 0.6) is 11.5 Å². The van der Waals surface area contributed by atoms with E-state index in [4.69, 9.17) is 9.47 Å². The average molecular weight is 602 g/mol. The molecule has 1 aromatic heterocycles. The fraction of sp³-hybridized carbons (Fsp3) is 0.455. The van der Waals surface area contributed by atoms with E-state index in [-0.39, 0.29) is 22.5 Å². The van der Waals surface area contributed by atoms with Crippen molar-refractivity contribution >= 4 is 32.4 Å². The number of nitrogens with zero attached hydrogens (tertiary/aromatic N) is 2. The molecule has 2 aromatic carbocycles. The maximum Gasteiger partial charge on any atom is 0.274 e. The number of amides is 1. The lowest BCUT2D eigenvalue weighted by molar-refractivity contribution is 0.0806. The van der Waals surface area contributed by atoms with Crippen molar-refractivity contribution < 1.29 is 27.5 Å². The van der Waals surface area contributed by atoms with Crippen molar-refractivity contribution in [3.63, 3.8) is 0 Å².